The summed E-state index contributed by atoms with van der Waals surface area (Å²) in [5, 5.41) is 53.4. The molecule has 0 radical (unpaired) electrons. The van der Waals surface area contributed by atoms with E-state index in [1.54, 1.807) is 19.1 Å². The molecule has 1 aliphatic rings. The third-order valence-corrected chi connectivity index (χ3v) is 6.25. The minimum Gasteiger partial charge on any atom is -0.392 e. The number of halogens is 1. The number of piperidine rings is 1. The Morgan fingerprint density at radius 1 is 1.31 bits per heavy atom. The first-order valence-corrected chi connectivity index (χ1v) is 12.0. The predicted molar refractivity (Wildman–Crippen MR) is 135 cm³/mol. The standard InChI is InChI=1S/C23H27ClN10O2/c1-3-27-21-22-29-11-15(9-26)34(22)32-23(31-21)30-17-6-14(8-25)7-18(20(17)24)33-5-4-16(19(36)12-33)28-10-13(2)35/h6-7,11,13,16,19,28,35-36H,3-5,10,12H2,1-2H3,(H2,27,30,31,32)/t13-,16+,19+/m0/s1. The highest BCUT2D eigenvalue weighted by Gasteiger charge is 2.29. The number of aliphatic hydroxyl groups is 2. The van der Waals surface area contributed by atoms with Gasteiger partial charge in [-0.25, -0.2) is 4.98 Å². The van der Waals surface area contributed by atoms with E-state index in [1.807, 2.05) is 11.8 Å². The van der Waals surface area contributed by atoms with Gasteiger partial charge in [0.05, 0.1) is 46.4 Å². The number of anilines is 4. The molecular formula is C23H27ClN10O2. The van der Waals surface area contributed by atoms with Crippen LogP contribution in [0.2, 0.25) is 5.02 Å². The maximum atomic E-state index is 10.7. The smallest absolute Gasteiger partial charge is 0.247 e. The highest BCUT2D eigenvalue weighted by Crippen LogP contribution is 2.37. The fourth-order valence-corrected chi connectivity index (χ4v) is 4.40. The van der Waals surface area contributed by atoms with Crippen molar-refractivity contribution in [2.45, 2.75) is 38.5 Å². The quantitative estimate of drug-likeness (QED) is 0.298. The summed E-state index contributed by atoms with van der Waals surface area (Å²) in [7, 11) is 0. The van der Waals surface area contributed by atoms with Crippen LogP contribution >= 0.6 is 11.6 Å². The fraction of sp³-hybridized carbons (Fsp3) is 0.435. The third-order valence-electron chi connectivity index (χ3n) is 5.85. The van der Waals surface area contributed by atoms with Crippen molar-refractivity contribution in [3.8, 4) is 12.1 Å². The Bertz CT molecular complexity index is 1330. The van der Waals surface area contributed by atoms with Crippen molar-refractivity contribution in [2.24, 2.45) is 0 Å². The summed E-state index contributed by atoms with van der Waals surface area (Å²) in [6.07, 6.45) is 0.857. The van der Waals surface area contributed by atoms with E-state index in [4.69, 9.17) is 11.6 Å². The summed E-state index contributed by atoms with van der Waals surface area (Å²) in [4.78, 5) is 10.6. The second-order valence-corrected chi connectivity index (χ2v) is 8.94. The largest absolute Gasteiger partial charge is 0.392 e. The number of aliphatic hydroxyl groups excluding tert-OH is 2. The molecule has 0 unspecified atom stereocenters. The number of imidazole rings is 1. The molecule has 0 bridgehead atoms. The van der Waals surface area contributed by atoms with Crippen LogP contribution in [0, 0.1) is 22.7 Å². The van der Waals surface area contributed by atoms with Crippen molar-refractivity contribution in [3.05, 3.63) is 34.6 Å². The van der Waals surface area contributed by atoms with Crippen LogP contribution in [0.1, 0.15) is 31.5 Å². The van der Waals surface area contributed by atoms with Crippen molar-refractivity contribution < 1.29 is 10.2 Å². The van der Waals surface area contributed by atoms with Crippen LogP contribution < -0.4 is 20.9 Å². The van der Waals surface area contributed by atoms with E-state index in [-0.39, 0.29) is 17.7 Å². The van der Waals surface area contributed by atoms with Gasteiger partial charge in [-0.1, -0.05) is 11.6 Å². The van der Waals surface area contributed by atoms with Crippen LogP contribution in [0.25, 0.3) is 5.65 Å². The lowest BCUT2D eigenvalue weighted by Crippen LogP contribution is -2.53. The monoisotopic (exact) mass is 510 g/mol. The minimum absolute atomic E-state index is 0.152. The molecule has 3 aromatic rings. The van der Waals surface area contributed by atoms with Gasteiger partial charge in [-0.3, -0.25) is 0 Å². The summed E-state index contributed by atoms with van der Waals surface area (Å²) in [6, 6.07) is 7.33. The number of nitrogens with one attached hydrogen (secondary N) is 3. The summed E-state index contributed by atoms with van der Waals surface area (Å²) >= 11 is 6.78. The molecule has 1 saturated heterocycles. The molecule has 5 N–H and O–H groups in total. The Kier molecular flexibility index (Phi) is 7.72. The van der Waals surface area contributed by atoms with Gasteiger partial charge in [-0.15, -0.1) is 5.10 Å². The maximum Gasteiger partial charge on any atom is 0.247 e. The maximum absolute atomic E-state index is 10.7. The van der Waals surface area contributed by atoms with Crippen LogP contribution in [0.5, 0.6) is 0 Å². The van der Waals surface area contributed by atoms with Crippen molar-refractivity contribution in [1.29, 1.82) is 10.5 Å². The lowest BCUT2D eigenvalue weighted by Gasteiger charge is -2.38. The van der Waals surface area contributed by atoms with Crippen LogP contribution in [-0.2, 0) is 0 Å². The van der Waals surface area contributed by atoms with Gasteiger partial charge in [-0.05, 0) is 32.4 Å². The van der Waals surface area contributed by atoms with E-state index >= 15 is 0 Å². The Hall–Kier alpha value is -3.68. The Labute approximate surface area is 213 Å². The second kappa shape index (κ2) is 10.9. The minimum atomic E-state index is -0.685. The molecule has 0 saturated carbocycles. The molecule has 188 valence electrons. The van der Waals surface area contributed by atoms with Crippen LogP contribution in [0.4, 0.5) is 23.1 Å². The molecule has 0 aliphatic carbocycles. The van der Waals surface area contributed by atoms with Gasteiger partial charge in [0.2, 0.25) is 5.95 Å². The van der Waals surface area contributed by atoms with E-state index in [1.165, 1.54) is 10.7 Å². The normalized spacial score (nSPS) is 18.5. The lowest BCUT2D eigenvalue weighted by molar-refractivity contribution is 0.102. The molecule has 3 atom stereocenters. The molecule has 4 rings (SSSR count). The Morgan fingerprint density at radius 3 is 2.78 bits per heavy atom. The topological polar surface area (TPSA) is 170 Å². The number of rotatable bonds is 8. The van der Waals surface area contributed by atoms with E-state index in [9.17, 15) is 20.7 Å². The number of β-amino-alcohol motifs (C(OH)–C–C–N with tert-alkyl or cyclic N) is 1. The van der Waals surface area contributed by atoms with E-state index in [2.05, 4.69) is 43.2 Å². The molecule has 1 aliphatic heterocycles. The highest BCUT2D eigenvalue weighted by molar-refractivity contribution is 6.36. The third kappa shape index (κ3) is 5.27. The average Bonchev–Trinajstić information content (AvgIpc) is 3.28. The van der Waals surface area contributed by atoms with Gasteiger partial charge in [0.25, 0.3) is 0 Å². The number of aromatic nitrogens is 4. The molecule has 36 heavy (non-hydrogen) atoms. The Morgan fingerprint density at radius 2 is 2.11 bits per heavy atom. The fourth-order valence-electron chi connectivity index (χ4n) is 4.12. The second-order valence-electron chi connectivity index (χ2n) is 8.56. The number of hydrogen-bond donors (Lipinski definition) is 5. The van der Waals surface area contributed by atoms with Crippen molar-refractivity contribution in [1.82, 2.24) is 24.9 Å². The van der Waals surface area contributed by atoms with Gasteiger partial charge < -0.3 is 31.1 Å². The van der Waals surface area contributed by atoms with Crippen molar-refractivity contribution in [2.75, 3.05) is 41.7 Å². The van der Waals surface area contributed by atoms with Crippen molar-refractivity contribution >= 4 is 40.4 Å². The Balaban J connectivity index is 1.64. The molecule has 12 nitrogen and oxygen atoms in total. The molecule has 0 spiro atoms. The van der Waals surface area contributed by atoms with Gasteiger partial charge in [0.1, 0.15) is 6.07 Å². The molecule has 0 amide bonds. The SMILES string of the molecule is CCNc1nc(Nc2cc(C#N)cc(N3CC[C@@H](NC[C@H](C)O)[C@H](O)C3)c2Cl)nn2c(C#N)cnc12. The van der Waals surface area contributed by atoms with Crippen molar-refractivity contribution in [3.63, 3.8) is 0 Å². The van der Waals surface area contributed by atoms with Gasteiger partial charge in [0.15, 0.2) is 17.2 Å². The zero-order valence-corrected chi connectivity index (χ0v) is 20.7. The zero-order valence-electron chi connectivity index (χ0n) is 19.9. The van der Waals surface area contributed by atoms with Gasteiger partial charge >= 0.3 is 0 Å². The predicted octanol–water partition coefficient (Wildman–Crippen LogP) is 1.61. The highest BCUT2D eigenvalue weighted by atomic mass is 35.5. The van der Waals surface area contributed by atoms with Crippen LogP contribution in [0.3, 0.4) is 0 Å². The number of benzene rings is 1. The van der Waals surface area contributed by atoms with Crippen LogP contribution in [-0.4, -0.2) is 74.2 Å². The summed E-state index contributed by atoms with van der Waals surface area (Å²) in [5.41, 5.74) is 2.04. The van der Waals surface area contributed by atoms with Crippen LogP contribution in [0.15, 0.2) is 18.3 Å². The first kappa shape index (κ1) is 25.4. The summed E-state index contributed by atoms with van der Waals surface area (Å²) in [6.45, 7) is 5.48. The number of nitrogens with zero attached hydrogens (tertiary/aromatic N) is 7. The molecule has 3 heterocycles. The number of nitriles is 2. The summed E-state index contributed by atoms with van der Waals surface area (Å²) < 4.78 is 1.39. The molecule has 13 heteroatoms. The van der Waals surface area contributed by atoms with Gasteiger partial charge in [0, 0.05) is 32.2 Å². The molecule has 1 fully saturated rings. The first-order chi connectivity index (χ1) is 17.3. The van der Waals surface area contributed by atoms with E-state index in [0.29, 0.717) is 66.0 Å². The lowest BCUT2D eigenvalue weighted by atomic mass is 10.0. The molecule has 1 aromatic carbocycles. The number of hydrogen-bond acceptors (Lipinski definition) is 11. The van der Waals surface area contributed by atoms with Gasteiger partial charge in [-0.2, -0.15) is 20.0 Å². The van der Waals surface area contributed by atoms with E-state index in [0.717, 1.165) is 0 Å². The summed E-state index contributed by atoms with van der Waals surface area (Å²) in [5.74, 6) is 0.608. The molecule has 2 aromatic heterocycles. The average molecular weight is 511 g/mol. The molecular weight excluding hydrogens is 484 g/mol. The first-order valence-electron chi connectivity index (χ1n) is 11.6. The van der Waals surface area contributed by atoms with E-state index < -0.39 is 12.2 Å². The number of fused-ring (bicyclic) bond motifs is 1. The zero-order chi connectivity index (χ0) is 25.8.